The smallest absolute Gasteiger partial charge is 0.345 e. The van der Waals surface area contributed by atoms with Gasteiger partial charge in [-0.2, -0.15) is 0 Å². The SMILES string of the molecule is CC(OC(=O)c1ccc(Cl)cc1[N+](=O)[O-])C(=O)c1c[nH]c2ccccc12. The maximum Gasteiger partial charge on any atom is 0.345 e. The van der Waals surface area contributed by atoms with Crippen molar-refractivity contribution in [1.29, 1.82) is 0 Å². The van der Waals surface area contributed by atoms with E-state index in [0.29, 0.717) is 10.9 Å². The Labute approximate surface area is 152 Å². The average Bonchev–Trinajstić information content (AvgIpc) is 3.04. The molecular formula is C18H13ClN2O5. The number of H-pyrrole nitrogens is 1. The Morgan fingerprint density at radius 3 is 2.65 bits per heavy atom. The van der Waals surface area contributed by atoms with Crippen molar-refractivity contribution in [2.75, 3.05) is 0 Å². The van der Waals surface area contributed by atoms with Gasteiger partial charge in [0.25, 0.3) is 5.69 Å². The van der Waals surface area contributed by atoms with Crippen LogP contribution in [0.3, 0.4) is 0 Å². The molecule has 0 bridgehead atoms. The van der Waals surface area contributed by atoms with Crippen molar-refractivity contribution >= 4 is 39.9 Å². The van der Waals surface area contributed by atoms with Gasteiger partial charge in [0.2, 0.25) is 5.78 Å². The number of para-hydroxylation sites is 1. The molecule has 8 heteroatoms. The Balaban J connectivity index is 1.84. The summed E-state index contributed by atoms with van der Waals surface area (Å²) in [5.41, 5.74) is 0.418. The number of Topliss-reactive ketones (excluding diaryl/α,β-unsaturated/α-hetero) is 1. The number of nitrogens with zero attached hydrogens (tertiary/aromatic N) is 1. The van der Waals surface area contributed by atoms with Crippen molar-refractivity contribution in [1.82, 2.24) is 4.98 Å². The van der Waals surface area contributed by atoms with E-state index >= 15 is 0 Å². The summed E-state index contributed by atoms with van der Waals surface area (Å²) in [4.78, 5) is 38.3. The normalized spacial score (nSPS) is 11.9. The zero-order valence-corrected chi connectivity index (χ0v) is 14.3. The average molecular weight is 373 g/mol. The molecule has 132 valence electrons. The number of ether oxygens (including phenoxy) is 1. The highest BCUT2D eigenvalue weighted by Crippen LogP contribution is 2.25. The van der Waals surface area contributed by atoms with Crippen LogP contribution in [0.1, 0.15) is 27.6 Å². The molecule has 1 heterocycles. The number of hydrogen-bond acceptors (Lipinski definition) is 5. The molecular weight excluding hydrogens is 360 g/mol. The van der Waals surface area contributed by atoms with Crippen LogP contribution in [0.2, 0.25) is 5.02 Å². The molecule has 0 aliphatic rings. The summed E-state index contributed by atoms with van der Waals surface area (Å²) < 4.78 is 5.15. The van der Waals surface area contributed by atoms with Crippen molar-refractivity contribution in [3.05, 3.63) is 74.9 Å². The van der Waals surface area contributed by atoms with Gasteiger partial charge < -0.3 is 9.72 Å². The van der Waals surface area contributed by atoms with Gasteiger partial charge in [-0.25, -0.2) is 4.79 Å². The van der Waals surface area contributed by atoms with E-state index in [4.69, 9.17) is 16.3 Å². The van der Waals surface area contributed by atoms with Crippen LogP contribution in [-0.4, -0.2) is 27.8 Å². The quantitative estimate of drug-likeness (QED) is 0.313. The Kier molecular flexibility index (Phi) is 4.73. The third kappa shape index (κ3) is 3.29. The third-order valence-electron chi connectivity index (χ3n) is 3.88. The fraction of sp³-hybridized carbons (Fsp3) is 0.111. The van der Waals surface area contributed by atoms with Crippen LogP contribution < -0.4 is 0 Å². The van der Waals surface area contributed by atoms with E-state index < -0.39 is 28.5 Å². The summed E-state index contributed by atoms with van der Waals surface area (Å²) in [7, 11) is 0. The van der Waals surface area contributed by atoms with Crippen molar-refractivity contribution < 1.29 is 19.2 Å². The fourth-order valence-electron chi connectivity index (χ4n) is 2.60. The Morgan fingerprint density at radius 2 is 1.92 bits per heavy atom. The number of nitro benzene ring substituents is 1. The highest BCUT2D eigenvalue weighted by Gasteiger charge is 2.27. The second kappa shape index (κ2) is 6.97. The lowest BCUT2D eigenvalue weighted by Gasteiger charge is -2.12. The number of aromatic nitrogens is 1. The van der Waals surface area contributed by atoms with Gasteiger partial charge in [0.15, 0.2) is 6.10 Å². The summed E-state index contributed by atoms with van der Waals surface area (Å²) in [6, 6.07) is 10.8. The number of hydrogen-bond donors (Lipinski definition) is 1. The van der Waals surface area contributed by atoms with Gasteiger partial charge in [0.05, 0.1) is 4.92 Å². The highest BCUT2D eigenvalue weighted by molar-refractivity contribution is 6.31. The van der Waals surface area contributed by atoms with E-state index in [1.807, 2.05) is 12.1 Å². The lowest BCUT2D eigenvalue weighted by molar-refractivity contribution is -0.385. The molecule has 0 fully saturated rings. The topological polar surface area (TPSA) is 102 Å². The molecule has 1 N–H and O–H groups in total. The van der Waals surface area contributed by atoms with Gasteiger partial charge in [-0.3, -0.25) is 14.9 Å². The number of halogens is 1. The minimum Gasteiger partial charge on any atom is -0.450 e. The van der Waals surface area contributed by atoms with Crippen molar-refractivity contribution in [3.8, 4) is 0 Å². The van der Waals surface area contributed by atoms with Gasteiger partial charge in [0, 0.05) is 33.8 Å². The van der Waals surface area contributed by atoms with Crippen LogP contribution in [0.4, 0.5) is 5.69 Å². The number of rotatable bonds is 5. The first-order valence-electron chi connectivity index (χ1n) is 7.63. The van der Waals surface area contributed by atoms with Crippen molar-refractivity contribution in [2.24, 2.45) is 0 Å². The Bertz CT molecular complexity index is 1030. The van der Waals surface area contributed by atoms with E-state index in [1.54, 1.807) is 18.3 Å². The molecule has 0 saturated carbocycles. The van der Waals surface area contributed by atoms with Crippen molar-refractivity contribution in [3.63, 3.8) is 0 Å². The summed E-state index contributed by atoms with van der Waals surface area (Å²) in [5.74, 6) is -1.37. The molecule has 1 atom stereocenters. The summed E-state index contributed by atoms with van der Waals surface area (Å²) >= 11 is 5.73. The molecule has 7 nitrogen and oxygen atoms in total. The molecule has 0 aliphatic carbocycles. The summed E-state index contributed by atoms with van der Waals surface area (Å²) in [5, 5.41) is 11.9. The monoisotopic (exact) mass is 372 g/mol. The molecule has 3 rings (SSSR count). The number of nitro groups is 1. The number of aromatic amines is 1. The zero-order valence-electron chi connectivity index (χ0n) is 13.6. The number of carbonyl (C=O) groups excluding carboxylic acids is 2. The number of fused-ring (bicyclic) bond motifs is 1. The lowest BCUT2D eigenvalue weighted by Crippen LogP contribution is -2.24. The molecule has 0 aliphatic heterocycles. The molecule has 2 aromatic carbocycles. The minimum atomic E-state index is -1.11. The molecule has 0 spiro atoms. The minimum absolute atomic E-state index is 0.121. The van der Waals surface area contributed by atoms with Crippen LogP contribution in [0.25, 0.3) is 10.9 Å². The number of carbonyl (C=O) groups is 2. The number of esters is 1. The maximum absolute atomic E-state index is 12.6. The van der Waals surface area contributed by atoms with E-state index in [-0.39, 0.29) is 10.6 Å². The largest absolute Gasteiger partial charge is 0.450 e. The van der Waals surface area contributed by atoms with Crippen molar-refractivity contribution in [2.45, 2.75) is 13.0 Å². The van der Waals surface area contributed by atoms with Gasteiger partial charge in [-0.1, -0.05) is 29.8 Å². The summed E-state index contributed by atoms with van der Waals surface area (Å²) in [6.45, 7) is 1.42. The third-order valence-corrected chi connectivity index (χ3v) is 4.12. The van der Waals surface area contributed by atoms with Crippen LogP contribution in [0.15, 0.2) is 48.7 Å². The van der Waals surface area contributed by atoms with Gasteiger partial charge in [0.1, 0.15) is 5.56 Å². The molecule has 0 radical (unpaired) electrons. The van der Waals surface area contributed by atoms with E-state index in [1.165, 1.54) is 19.1 Å². The van der Waals surface area contributed by atoms with E-state index in [2.05, 4.69) is 4.98 Å². The van der Waals surface area contributed by atoms with Crippen LogP contribution in [0.5, 0.6) is 0 Å². The zero-order chi connectivity index (χ0) is 18.8. The molecule has 1 aromatic heterocycles. The number of nitrogens with one attached hydrogen (secondary N) is 1. The standard InChI is InChI=1S/C18H13ClN2O5/c1-10(17(22)14-9-20-15-5-3-2-4-12(14)15)26-18(23)13-7-6-11(19)8-16(13)21(24)25/h2-10,20H,1H3. The molecule has 3 aromatic rings. The fourth-order valence-corrected chi connectivity index (χ4v) is 2.77. The molecule has 0 amide bonds. The first-order valence-corrected chi connectivity index (χ1v) is 8.01. The van der Waals surface area contributed by atoms with E-state index in [9.17, 15) is 19.7 Å². The molecule has 1 unspecified atom stereocenters. The number of ketones is 1. The second-order valence-electron chi connectivity index (χ2n) is 5.58. The lowest BCUT2D eigenvalue weighted by atomic mass is 10.1. The Hall–Kier alpha value is -3.19. The maximum atomic E-state index is 12.6. The Morgan fingerprint density at radius 1 is 1.19 bits per heavy atom. The summed E-state index contributed by atoms with van der Waals surface area (Å²) in [6.07, 6.45) is 0.430. The second-order valence-corrected chi connectivity index (χ2v) is 6.01. The number of benzene rings is 2. The van der Waals surface area contributed by atoms with E-state index in [0.717, 1.165) is 11.6 Å². The first-order chi connectivity index (χ1) is 12.4. The highest BCUT2D eigenvalue weighted by atomic mass is 35.5. The predicted molar refractivity (Wildman–Crippen MR) is 95.6 cm³/mol. The van der Waals surface area contributed by atoms with Crippen LogP contribution >= 0.6 is 11.6 Å². The molecule has 26 heavy (non-hydrogen) atoms. The predicted octanol–water partition coefficient (Wildman–Crippen LogP) is 4.16. The van der Waals surface area contributed by atoms with Gasteiger partial charge in [-0.15, -0.1) is 0 Å². The van der Waals surface area contributed by atoms with Crippen LogP contribution in [0, 0.1) is 10.1 Å². The van der Waals surface area contributed by atoms with Gasteiger partial charge >= 0.3 is 5.97 Å². The first kappa shape index (κ1) is 17.6. The van der Waals surface area contributed by atoms with Crippen LogP contribution in [-0.2, 0) is 4.74 Å². The molecule has 0 saturated heterocycles. The van der Waals surface area contributed by atoms with Gasteiger partial charge in [-0.05, 0) is 25.1 Å².